The lowest BCUT2D eigenvalue weighted by Crippen LogP contribution is -2.27. The SMILES string of the molecule is CCCOc1ccccc1OCCN(CC)CC. The molecule has 0 spiro atoms. The van der Waals surface area contributed by atoms with Crippen LogP contribution in [0, 0.1) is 0 Å². The third-order valence-corrected chi connectivity index (χ3v) is 2.87. The maximum Gasteiger partial charge on any atom is 0.161 e. The summed E-state index contributed by atoms with van der Waals surface area (Å²) in [6.07, 6.45) is 1.01. The summed E-state index contributed by atoms with van der Waals surface area (Å²) < 4.78 is 11.5. The smallest absolute Gasteiger partial charge is 0.161 e. The van der Waals surface area contributed by atoms with Crippen LogP contribution in [-0.4, -0.2) is 37.7 Å². The minimum atomic E-state index is 0.703. The molecule has 102 valence electrons. The van der Waals surface area contributed by atoms with Crippen molar-refractivity contribution in [1.82, 2.24) is 4.90 Å². The van der Waals surface area contributed by atoms with Crippen molar-refractivity contribution in [3.63, 3.8) is 0 Å². The van der Waals surface area contributed by atoms with E-state index in [1.807, 2.05) is 24.3 Å². The molecule has 0 aliphatic carbocycles. The van der Waals surface area contributed by atoms with Crippen LogP contribution in [-0.2, 0) is 0 Å². The topological polar surface area (TPSA) is 21.7 Å². The van der Waals surface area contributed by atoms with Crippen LogP contribution in [0.15, 0.2) is 24.3 Å². The van der Waals surface area contributed by atoms with Gasteiger partial charge in [-0.25, -0.2) is 0 Å². The van der Waals surface area contributed by atoms with Crippen LogP contribution in [0.25, 0.3) is 0 Å². The molecule has 0 saturated heterocycles. The first-order valence-corrected chi connectivity index (χ1v) is 6.88. The molecule has 0 aliphatic heterocycles. The maximum atomic E-state index is 5.80. The molecule has 3 heteroatoms. The Bertz CT molecular complexity index is 324. The first-order chi connectivity index (χ1) is 8.81. The lowest BCUT2D eigenvalue weighted by atomic mass is 10.3. The molecule has 0 fully saturated rings. The van der Waals surface area contributed by atoms with E-state index in [1.54, 1.807) is 0 Å². The molecule has 1 aromatic rings. The fourth-order valence-corrected chi connectivity index (χ4v) is 1.73. The van der Waals surface area contributed by atoms with E-state index in [9.17, 15) is 0 Å². The predicted octanol–water partition coefficient (Wildman–Crippen LogP) is 3.20. The second-order valence-electron chi connectivity index (χ2n) is 4.17. The van der Waals surface area contributed by atoms with Crippen molar-refractivity contribution in [2.75, 3.05) is 32.8 Å². The predicted molar refractivity (Wildman–Crippen MR) is 75.5 cm³/mol. The molecule has 0 heterocycles. The molecule has 0 amide bonds. The van der Waals surface area contributed by atoms with Gasteiger partial charge in [0.15, 0.2) is 11.5 Å². The summed E-state index contributed by atoms with van der Waals surface area (Å²) in [6.45, 7) is 11.0. The van der Waals surface area contributed by atoms with E-state index < -0.39 is 0 Å². The minimum Gasteiger partial charge on any atom is -0.490 e. The fourth-order valence-electron chi connectivity index (χ4n) is 1.73. The molecule has 0 saturated carbocycles. The van der Waals surface area contributed by atoms with Crippen molar-refractivity contribution in [3.8, 4) is 11.5 Å². The van der Waals surface area contributed by atoms with Gasteiger partial charge >= 0.3 is 0 Å². The van der Waals surface area contributed by atoms with Crippen LogP contribution < -0.4 is 9.47 Å². The largest absolute Gasteiger partial charge is 0.490 e. The van der Waals surface area contributed by atoms with Gasteiger partial charge in [-0.2, -0.15) is 0 Å². The number of nitrogens with zero attached hydrogens (tertiary/aromatic N) is 1. The molecular weight excluding hydrogens is 226 g/mol. The summed E-state index contributed by atoms with van der Waals surface area (Å²) >= 11 is 0. The number of para-hydroxylation sites is 2. The Kier molecular flexibility index (Phi) is 7.26. The Labute approximate surface area is 111 Å². The van der Waals surface area contributed by atoms with Gasteiger partial charge in [0.05, 0.1) is 6.61 Å². The van der Waals surface area contributed by atoms with Gasteiger partial charge in [0.25, 0.3) is 0 Å². The zero-order valence-corrected chi connectivity index (χ0v) is 11.8. The molecule has 0 aliphatic rings. The third kappa shape index (κ3) is 4.96. The summed E-state index contributed by atoms with van der Waals surface area (Å²) in [5.41, 5.74) is 0. The number of hydrogen-bond acceptors (Lipinski definition) is 3. The Morgan fingerprint density at radius 3 is 1.94 bits per heavy atom. The summed E-state index contributed by atoms with van der Waals surface area (Å²) in [4.78, 5) is 2.34. The lowest BCUT2D eigenvalue weighted by Gasteiger charge is -2.18. The van der Waals surface area contributed by atoms with Crippen LogP contribution in [0.2, 0.25) is 0 Å². The minimum absolute atomic E-state index is 0.703. The molecule has 0 N–H and O–H groups in total. The first kappa shape index (κ1) is 14.8. The molecule has 18 heavy (non-hydrogen) atoms. The van der Waals surface area contributed by atoms with E-state index in [2.05, 4.69) is 25.7 Å². The van der Waals surface area contributed by atoms with E-state index in [0.717, 1.165) is 44.2 Å². The van der Waals surface area contributed by atoms with Crippen LogP contribution in [0.4, 0.5) is 0 Å². The highest BCUT2D eigenvalue weighted by molar-refractivity contribution is 5.39. The van der Waals surface area contributed by atoms with Crippen molar-refractivity contribution in [2.45, 2.75) is 27.2 Å². The third-order valence-electron chi connectivity index (χ3n) is 2.87. The molecule has 0 bridgehead atoms. The molecule has 0 aromatic heterocycles. The van der Waals surface area contributed by atoms with Crippen LogP contribution in [0.3, 0.4) is 0 Å². The quantitative estimate of drug-likeness (QED) is 0.673. The standard InChI is InChI=1S/C15H25NO2/c1-4-12-17-14-9-7-8-10-15(14)18-13-11-16(5-2)6-3/h7-10H,4-6,11-13H2,1-3H3. The first-order valence-electron chi connectivity index (χ1n) is 6.88. The zero-order chi connectivity index (χ0) is 13.2. The lowest BCUT2D eigenvalue weighted by molar-refractivity contribution is 0.212. The second-order valence-corrected chi connectivity index (χ2v) is 4.17. The summed E-state index contributed by atoms with van der Waals surface area (Å²) in [5.74, 6) is 1.69. The number of hydrogen-bond donors (Lipinski definition) is 0. The van der Waals surface area contributed by atoms with Gasteiger partial charge in [-0.15, -0.1) is 0 Å². The highest BCUT2D eigenvalue weighted by Gasteiger charge is 2.04. The van der Waals surface area contributed by atoms with Gasteiger partial charge in [0, 0.05) is 6.54 Å². The van der Waals surface area contributed by atoms with E-state index in [4.69, 9.17) is 9.47 Å². The number of likely N-dealkylation sites (N-methyl/N-ethyl adjacent to an activating group) is 1. The summed E-state index contributed by atoms with van der Waals surface area (Å²) in [7, 11) is 0. The average molecular weight is 251 g/mol. The molecule has 0 unspecified atom stereocenters. The van der Waals surface area contributed by atoms with Crippen LogP contribution in [0.5, 0.6) is 11.5 Å². The molecule has 0 atom stereocenters. The molecular formula is C15H25NO2. The molecule has 0 radical (unpaired) electrons. The molecule has 3 nitrogen and oxygen atoms in total. The van der Waals surface area contributed by atoms with Crippen molar-refractivity contribution >= 4 is 0 Å². The fraction of sp³-hybridized carbons (Fsp3) is 0.600. The van der Waals surface area contributed by atoms with Crippen LogP contribution >= 0.6 is 0 Å². The van der Waals surface area contributed by atoms with Crippen molar-refractivity contribution < 1.29 is 9.47 Å². The van der Waals surface area contributed by atoms with Gasteiger partial charge in [0.1, 0.15) is 6.61 Å². The van der Waals surface area contributed by atoms with Crippen molar-refractivity contribution in [3.05, 3.63) is 24.3 Å². The van der Waals surface area contributed by atoms with Gasteiger partial charge in [-0.1, -0.05) is 32.9 Å². The van der Waals surface area contributed by atoms with Crippen LogP contribution in [0.1, 0.15) is 27.2 Å². The van der Waals surface area contributed by atoms with Gasteiger partial charge in [0.2, 0.25) is 0 Å². The van der Waals surface area contributed by atoms with Gasteiger partial charge < -0.3 is 14.4 Å². The Morgan fingerprint density at radius 1 is 0.889 bits per heavy atom. The molecule has 1 aromatic carbocycles. The van der Waals surface area contributed by atoms with Gasteiger partial charge in [-0.3, -0.25) is 0 Å². The van der Waals surface area contributed by atoms with E-state index in [1.165, 1.54) is 0 Å². The van der Waals surface area contributed by atoms with E-state index in [0.29, 0.717) is 6.61 Å². The summed E-state index contributed by atoms with van der Waals surface area (Å²) in [5, 5.41) is 0. The Balaban J connectivity index is 2.45. The second kappa shape index (κ2) is 8.81. The highest BCUT2D eigenvalue weighted by Crippen LogP contribution is 2.26. The Hall–Kier alpha value is -1.22. The van der Waals surface area contributed by atoms with Gasteiger partial charge in [-0.05, 0) is 31.6 Å². The number of benzene rings is 1. The van der Waals surface area contributed by atoms with Crippen molar-refractivity contribution in [1.29, 1.82) is 0 Å². The van der Waals surface area contributed by atoms with E-state index >= 15 is 0 Å². The highest BCUT2D eigenvalue weighted by atomic mass is 16.5. The normalized spacial score (nSPS) is 10.7. The van der Waals surface area contributed by atoms with Crippen molar-refractivity contribution in [2.24, 2.45) is 0 Å². The number of ether oxygens (including phenoxy) is 2. The number of rotatable bonds is 9. The average Bonchev–Trinajstić information content (AvgIpc) is 2.42. The molecule has 1 rings (SSSR count). The Morgan fingerprint density at radius 2 is 1.44 bits per heavy atom. The maximum absolute atomic E-state index is 5.80. The summed E-state index contributed by atoms with van der Waals surface area (Å²) in [6, 6.07) is 7.88. The van der Waals surface area contributed by atoms with E-state index in [-0.39, 0.29) is 0 Å². The zero-order valence-electron chi connectivity index (χ0n) is 11.8. The monoisotopic (exact) mass is 251 g/mol.